The van der Waals surface area contributed by atoms with E-state index in [0.717, 1.165) is 38.5 Å². The second-order valence-electron chi connectivity index (χ2n) is 13.6. The number of halogens is 3. The molecule has 0 unspecified atom stereocenters. The summed E-state index contributed by atoms with van der Waals surface area (Å²) in [6, 6.07) is 5.43. The molecule has 44 heavy (non-hydrogen) atoms. The van der Waals surface area contributed by atoms with Gasteiger partial charge in [-0.3, -0.25) is 14.9 Å². The Bertz CT molecular complexity index is 1600. The number of pyridine rings is 1. The van der Waals surface area contributed by atoms with Gasteiger partial charge < -0.3 is 15.1 Å². The van der Waals surface area contributed by atoms with Crippen molar-refractivity contribution >= 4 is 40.7 Å². The molecule has 4 heterocycles. The molecule has 3 atom stereocenters. The van der Waals surface area contributed by atoms with Crippen LogP contribution in [-0.4, -0.2) is 44.6 Å². The van der Waals surface area contributed by atoms with E-state index in [1.807, 2.05) is 0 Å². The molecule has 232 valence electrons. The van der Waals surface area contributed by atoms with Gasteiger partial charge in [-0.15, -0.1) is 10.2 Å². The fourth-order valence-corrected chi connectivity index (χ4v) is 8.77. The average molecular weight is 642 g/mol. The van der Waals surface area contributed by atoms with Crippen LogP contribution in [0.4, 0.5) is 10.1 Å². The molecule has 1 aromatic carbocycles. The highest BCUT2D eigenvalue weighted by atomic mass is 35.5. The summed E-state index contributed by atoms with van der Waals surface area (Å²) < 4.78 is 21.5. The molecule has 3 aromatic rings. The maximum atomic E-state index is 16.1. The van der Waals surface area contributed by atoms with E-state index in [4.69, 9.17) is 27.6 Å². The zero-order chi connectivity index (χ0) is 30.9. The predicted molar refractivity (Wildman–Crippen MR) is 163 cm³/mol. The number of amides is 2. The van der Waals surface area contributed by atoms with E-state index >= 15 is 4.39 Å². The molecule has 2 aliphatic carbocycles. The van der Waals surface area contributed by atoms with Crippen molar-refractivity contribution in [3.05, 3.63) is 69.9 Å². The van der Waals surface area contributed by atoms with E-state index in [-0.39, 0.29) is 44.9 Å². The number of benzene rings is 1. The summed E-state index contributed by atoms with van der Waals surface area (Å²) in [5, 5.41) is 18.1. The Kier molecular flexibility index (Phi) is 7.25. The van der Waals surface area contributed by atoms with E-state index < -0.39 is 28.7 Å². The first-order chi connectivity index (χ1) is 21.0. The van der Waals surface area contributed by atoms with Crippen molar-refractivity contribution in [3.63, 3.8) is 0 Å². The quantitative estimate of drug-likeness (QED) is 0.297. The van der Waals surface area contributed by atoms with Crippen LogP contribution in [0.5, 0.6) is 0 Å². The highest BCUT2D eigenvalue weighted by Crippen LogP contribution is 2.64. The molecule has 4 aliphatic rings. The number of anilines is 1. The molecular formula is C32H35Cl2FN6O3. The van der Waals surface area contributed by atoms with Gasteiger partial charge in [-0.05, 0) is 74.5 Å². The van der Waals surface area contributed by atoms with Gasteiger partial charge in [-0.2, -0.15) is 0 Å². The number of fused-ring (bicyclic) bond motifs is 3. The highest BCUT2D eigenvalue weighted by molar-refractivity contribution is 6.31. The molecule has 0 radical (unpaired) electrons. The fraction of sp³-hybridized carbons (Fsp3) is 0.531. The van der Waals surface area contributed by atoms with Crippen LogP contribution < -0.4 is 16.0 Å². The molecule has 9 nitrogen and oxygen atoms in total. The first kappa shape index (κ1) is 29.6. The van der Waals surface area contributed by atoms with Gasteiger partial charge in [0.1, 0.15) is 16.4 Å². The van der Waals surface area contributed by atoms with Crippen LogP contribution >= 0.6 is 23.2 Å². The van der Waals surface area contributed by atoms with Crippen molar-refractivity contribution in [2.75, 3.05) is 5.32 Å². The lowest BCUT2D eigenvalue weighted by atomic mass is 9.53. The maximum absolute atomic E-state index is 16.1. The van der Waals surface area contributed by atoms with Gasteiger partial charge in [0.25, 0.3) is 0 Å². The second-order valence-corrected chi connectivity index (χ2v) is 14.4. The van der Waals surface area contributed by atoms with Crippen LogP contribution in [0, 0.1) is 11.2 Å². The summed E-state index contributed by atoms with van der Waals surface area (Å²) in [5.41, 5.74) is -0.736. The zero-order valence-electron chi connectivity index (χ0n) is 24.6. The number of carbonyl (C=O) groups is 2. The normalized spacial score (nSPS) is 30.3. The van der Waals surface area contributed by atoms with Crippen LogP contribution in [0.3, 0.4) is 0 Å². The fourth-order valence-electron chi connectivity index (χ4n) is 8.43. The third-order valence-corrected chi connectivity index (χ3v) is 11.2. The van der Waals surface area contributed by atoms with E-state index in [1.165, 1.54) is 12.5 Å². The molecular weight excluding hydrogens is 606 g/mol. The minimum Gasteiger partial charge on any atom is -0.428 e. The molecule has 2 aliphatic heterocycles. The summed E-state index contributed by atoms with van der Waals surface area (Å²) >= 11 is 12.6. The van der Waals surface area contributed by atoms with E-state index in [0.29, 0.717) is 30.0 Å². The smallest absolute Gasteiger partial charge is 0.238 e. The summed E-state index contributed by atoms with van der Waals surface area (Å²) in [7, 11) is 0. The maximum Gasteiger partial charge on any atom is 0.238 e. The monoisotopic (exact) mass is 640 g/mol. The topological polar surface area (TPSA) is 122 Å². The van der Waals surface area contributed by atoms with Crippen molar-refractivity contribution in [2.24, 2.45) is 5.41 Å². The molecule has 2 saturated carbocycles. The number of nitrogens with one attached hydrogen (secondary N) is 3. The van der Waals surface area contributed by atoms with Gasteiger partial charge >= 0.3 is 0 Å². The summed E-state index contributed by atoms with van der Waals surface area (Å²) in [5.74, 6) is -1.31. The Morgan fingerprint density at radius 2 is 1.86 bits per heavy atom. The minimum absolute atomic E-state index is 0.0540. The van der Waals surface area contributed by atoms with E-state index in [9.17, 15) is 9.59 Å². The Morgan fingerprint density at radius 1 is 1.11 bits per heavy atom. The lowest BCUT2D eigenvalue weighted by molar-refractivity contribution is -0.125. The predicted octanol–water partition coefficient (Wildman–Crippen LogP) is 6.04. The molecule has 2 amide bonds. The highest BCUT2D eigenvalue weighted by Gasteiger charge is 2.73. The van der Waals surface area contributed by atoms with Gasteiger partial charge in [0.15, 0.2) is 0 Å². The Morgan fingerprint density at radius 3 is 2.57 bits per heavy atom. The second kappa shape index (κ2) is 10.8. The lowest BCUT2D eigenvalue weighted by Crippen LogP contribution is -2.61. The number of hydrogen-bond acceptors (Lipinski definition) is 7. The molecule has 3 fully saturated rings. The van der Waals surface area contributed by atoms with Crippen LogP contribution in [-0.2, 0) is 15.0 Å². The van der Waals surface area contributed by atoms with Crippen LogP contribution in [0.1, 0.15) is 94.1 Å². The van der Waals surface area contributed by atoms with Crippen molar-refractivity contribution in [3.8, 4) is 0 Å². The molecule has 2 spiro atoms. The number of aromatic nitrogens is 3. The largest absolute Gasteiger partial charge is 0.428 e. The molecule has 3 N–H and O–H groups in total. The molecule has 7 rings (SSSR count). The number of hydrogen-bond donors (Lipinski definition) is 3. The van der Waals surface area contributed by atoms with Gasteiger partial charge in [0.05, 0.1) is 11.1 Å². The summed E-state index contributed by atoms with van der Waals surface area (Å²) in [6.07, 6.45) is 8.90. The van der Waals surface area contributed by atoms with Crippen LogP contribution in [0.2, 0.25) is 10.2 Å². The van der Waals surface area contributed by atoms with Gasteiger partial charge in [-0.25, -0.2) is 9.37 Å². The lowest BCUT2D eigenvalue weighted by Gasteiger charge is -2.50. The van der Waals surface area contributed by atoms with Gasteiger partial charge in [0, 0.05) is 40.9 Å². The van der Waals surface area contributed by atoms with Crippen LogP contribution in [0.25, 0.3) is 0 Å². The molecule has 2 aromatic heterocycles. The van der Waals surface area contributed by atoms with Crippen molar-refractivity contribution in [2.45, 2.75) is 100 Å². The molecule has 1 saturated heterocycles. The number of carbonyl (C=O) groups excluding carboxylic acids is 2. The third-order valence-electron chi connectivity index (χ3n) is 10.7. The van der Waals surface area contributed by atoms with E-state index in [2.05, 4.69) is 45.0 Å². The first-order valence-electron chi connectivity index (χ1n) is 15.3. The average Bonchev–Trinajstić information content (AvgIpc) is 3.70. The van der Waals surface area contributed by atoms with Crippen molar-refractivity contribution < 1.29 is 18.4 Å². The third kappa shape index (κ3) is 4.55. The standard InChI is InChI=1S/C32H35Cl2FN6O3/c1-30(2)10-12-31(13-11-30)32(20-15-36-23(34)14-22(20)39-29(32)43)24(19-4-3-5-21(33)25(19)35)26(40-31)27(42)38-18-8-6-17(7-9-18)28-41-37-16-44-28/h3-5,14-18,24,26,40H,6-13H2,1-2H3,(H,38,42)(H,39,43)/t17-,18-,24-,26+,32+/m0/s1. The van der Waals surface area contributed by atoms with Crippen LogP contribution in [0.15, 0.2) is 41.3 Å². The minimum atomic E-state index is -1.33. The molecule has 0 bridgehead atoms. The Balaban J connectivity index is 1.31. The van der Waals surface area contributed by atoms with Gasteiger partial charge in [-0.1, -0.05) is 49.2 Å². The molecule has 12 heteroatoms. The zero-order valence-corrected chi connectivity index (χ0v) is 26.1. The Hall–Kier alpha value is -3.08. The first-order valence-corrected chi connectivity index (χ1v) is 16.1. The summed E-state index contributed by atoms with van der Waals surface area (Å²) in [4.78, 5) is 33.4. The number of rotatable bonds is 4. The SMILES string of the molecule is CC1(C)CCC2(CC1)N[C@@H](C(=O)N[C@H]1CC[C@H](c3nnco3)CC1)[C@H](c1cccc(Cl)c1F)[C@]21C(=O)Nc2cc(Cl)ncc21. The Labute approximate surface area is 265 Å². The van der Waals surface area contributed by atoms with E-state index in [1.54, 1.807) is 24.4 Å². The summed E-state index contributed by atoms with van der Waals surface area (Å²) in [6.45, 7) is 4.43. The van der Waals surface area contributed by atoms with Gasteiger partial charge in [0.2, 0.25) is 24.1 Å². The number of nitrogens with zero attached hydrogens (tertiary/aromatic N) is 3. The van der Waals surface area contributed by atoms with Crippen molar-refractivity contribution in [1.29, 1.82) is 0 Å². The van der Waals surface area contributed by atoms with Crippen molar-refractivity contribution in [1.82, 2.24) is 25.8 Å².